The molecule has 0 spiro atoms. The number of fused-ring (bicyclic) bond motifs is 1. The van der Waals surface area contributed by atoms with Crippen molar-refractivity contribution in [3.63, 3.8) is 0 Å². The predicted octanol–water partition coefficient (Wildman–Crippen LogP) is 1.88. The van der Waals surface area contributed by atoms with Crippen LogP contribution in [0, 0.1) is 0 Å². The second kappa shape index (κ2) is 4.63. The first-order valence-electron chi connectivity index (χ1n) is 6.52. The minimum atomic E-state index is -0.686. The first kappa shape index (κ1) is 12.1. The average Bonchev–Trinajstić information content (AvgIpc) is 2.42. The molecule has 1 amide bonds. The molecule has 0 aliphatic heterocycles. The smallest absolute Gasteiger partial charge is 0.251 e. The van der Waals surface area contributed by atoms with Crippen LogP contribution in [0.3, 0.4) is 0 Å². The first-order valence-corrected chi connectivity index (χ1v) is 6.52. The van der Waals surface area contributed by atoms with Crippen LogP contribution in [-0.2, 0) is 0 Å². The van der Waals surface area contributed by atoms with E-state index in [0.717, 1.165) is 30.2 Å². The summed E-state index contributed by atoms with van der Waals surface area (Å²) in [5.74, 6) is -0.147. The van der Waals surface area contributed by atoms with E-state index in [2.05, 4.69) is 10.3 Å². The Morgan fingerprint density at radius 3 is 2.95 bits per heavy atom. The first-order chi connectivity index (χ1) is 9.16. The van der Waals surface area contributed by atoms with Crippen LogP contribution in [0.2, 0.25) is 0 Å². The molecule has 0 radical (unpaired) electrons. The molecule has 1 saturated carbocycles. The van der Waals surface area contributed by atoms with E-state index < -0.39 is 5.60 Å². The molecule has 0 saturated heterocycles. The number of nitrogens with zero attached hydrogens (tertiary/aromatic N) is 1. The van der Waals surface area contributed by atoms with Gasteiger partial charge in [0, 0.05) is 23.7 Å². The van der Waals surface area contributed by atoms with E-state index in [0.29, 0.717) is 12.1 Å². The van der Waals surface area contributed by atoms with Crippen LogP contribution in [0.4, 0.5) is 0 Å². The summed E-state index contributed by atoms with van der Waals surface area (Å²) >= 11 is 0. The second-order valence-corrected chi connectivity index (χ2v) is 5.17. The number of carbonyl (C=O) groups excluding carboxylic acids is 1. The van der Waals surface area contributed by atoms with E-state index >= 15 is 0 Å². The fourth-order valence-electron chi connectivity index (χ4n) is 2.33. The molecular formula is C15H16N2O2. The van der Waals surface area contributed by atoms with Gasteiger partial charge in [0.2, 0.25) is 0 Å². The van der Waals surface area contributed by atoms with Gasteiger partial charge in [-0.2, -0.15) is 0 Å². The zero-order valence-corrected chi connectivity index (χ0v) is 10.6. The minimum Gasteiger partial charge on any atom is -0.388 e. The molecule has 19 heavy (non-hydrogen) atoms. The highest BCUT2D eigenvalue weighted by atomic mass is 16.3. The van der Waals surface area contributed by atoms with Crippen molar-refractivity contribution in [3.8, 4) is 0 Å². The van der Waals surface area contributed by atoms with Gasteiger partial charge in [-0.1, -0.05) is 6.07 Å². The summed E-state index contributed by atoms with van der Waals surface area (Å²) in [7, 11) is 0. The number of aliphatic hydroxyl groups is 1. The van der Waals surface area contributed by atoms with E-state index in [4.69, 9.17) is 0 Å². The highest BCUT2D eigenvalue weighted by Crippen LogP contribution is 2.30. The van der Waals surface area contributed by atoms with E-state index in [-0.39, 0.29) is 5.91 Å². The van der Waals surface area contributed by atoms with Crippen molar-refractivity contribution in [1.82, 2.24) is 10.3 Å². The zero-order valence-electron chi connectivity index (χ0n) is 10.6. The zero-order chi connectivity index (χ0) is 13.3. The van der Waals surface area contributed by atoms with E-state index in [1.165, 1.54) is 0 Å². The van der Waals surface area contributed by atoms with Crippen molar-refractivity contribution in [2.75, 3.05) is 6.54 Å². The molecule has 1 aromatic carbocycles. The van der Waals surface area contributed by atoms with Crippen LogP contribution in [0.25, 0.3) is 10.9 Å². The Balaban J connectivity index is 1.74. The molecule has 1 aromatic heterocycles. The van der Waals surface area contributed by atoms with Crippen molar-refractivity contribution >= 4 is 16.8 Å². The summed E-state index contributed by atoms with van der Waals surface area (Å²) < 4.78 is 0. The fraction of sp³-hybridized carbons (Fsp3) is 0.333. The Kier molecular flexibility index (Phi) is 2.95. The SMILES string of the molecule is O=C(NCC1(O)CCC1)c1ccc2ncccc2c1. The molecule has 3 rings (SSSR count). The van der Waals surface area contributed by atoms with Crippen molar-refractivity contribution in [1.29, 1.82) is 0 Å². The van der Waals surface area contributed by atoms with E-state index in [1.54, 1.807) is 12.3 Å². The van der Waals surface area contributed by atoms with Crippen LogP contribution in [-0.4, -0.2) is 28.1 Å². The standard InChI is InChI=1S/C15H16N2O2/c18-14(17-10-15(19)6-2-7-15)12-4-5-13-11(9-12)3-1-8-16-13/h1,3-5,8-9,19H,2,6-7,10H2,(H,17,18). The van der Waals surface area contributed by atoms with Gasteiger partial charge in [0.25, 0.3) is 5.91 Å². The van der Waals surface area contributed by atoms with Crippen molar-refractivity contribution in [3.05, 3.63) is 42.1 Å². The van der Waals surface area contributed by atoms with E-state index in [9.17, 15) is 9.90 Å². The maximum atomic E-state index is 12.0. The van der Waals surface area contributed by atoms with Gasteiger partial charge in [0.1, 0.15) is 0 Å². The molecule has 1 aliphatic rings. The van der Waals surface area contributed by atoms with Crippen molar-refractivity contribution in [2.24, 2.45) is 0 Å². The number of nitrogens with one attached hydrogen (secondary N) is 1. The van der Waals surface area contributed by atoms with E-state index in [1.807, 2.05) is 24.3 Å². The quantitative estimate of drug-likeness (QED) is 0.881. The largest absolute Gasteiger partial charge is 0.388 e. The summed E-state index contributed by atoms with van der Waals surface area (Å²) in [5, 5.41) is 13.7. The number of carbonyl (C=O) groups is 1. The predicted molar refractivity (Wildman–Crippen MR) is 72.9 cm³/mol. The molecule has 1 aliphatic carbocycles. The Bertz CT molecular complexity index is 620. The normalized spacial score (nSPS) is 16.9. The summed E-state index contributed by atoms with van der Waals surface area (Å²) in [4.78, 5) is 16.3. The van der Waals surface area contributed by atoms with Gasteiger partial charge in [-0.05, 0) is 43.5 Å². The van der Waals surface area contributed by atoms with Crippen LogP contribution >= 0.6 is 0 Å². The maximum absolute atomic E-state index is 12.0. The number of hydrogen-bond acceptors (Lipinski definition) is 3. The lowest BCUT2D eigenvalue weighted by Gasteiger charge is -2.36. The van der Waals surface area contributed by atoms with Gasteiger partial charge in [-0.3, -0.25) is 9.78 Å². The number of benzene rings is 1. The lowest BCUT2D eigenvalue weighted by molar-refractivity contribution is -0.0300. The average molecular weight is 256 g/mol. The Morgan fingerprint density at radius 2 is 2.21 bits per heavy atom. The third-order valence-electron chi connectivity index (χ3n) is 3.73. The monoisotopic (exact) mass is 256 g/mol. The third-order valence-corrected chi connectivity index (χ3v) is 3.73. The highest BCUT2D eigenvalue weighted by Gasteiger charge is 2.34. The number of rotatable bonds is 3. The van der Waals surface area contributed by atoms with Crippen LogP contribution < -0.4 is 5.32 Å². The molecule has 98 valence electrons. The lowest BCUT2D eigenvalue weighted by atomic mass is 9.80. The van der Waals surface area contributed by atoms with Gasteiger partial charge >= 0.3 is 0 Å². The summed E-state index contributed by atoms with van der Waals surface area (Å²) in [6.07, 6.45) is 4.31. The number of pyridine rings is 1. The van der Waals surface area contributed by atoms with Gasteiger partial charge in [0.05, 0.1) is 11.1 Å². The van der Waals surface area contributed by atoms with Gasteiger partial charge in [-0.25, -0.2) is 0 Å². The van der Waals surface area contributed by atoms with Crippen molar-refractivity contribution < 1.29 is 9.90 Å². The van der Waals surface area contributed by atoms with Gasteiger partial charge < -0.3 is 10.4 Å². The highest BCUT2D eigenvalue weighted by molar-refractivity contribution is 5.97. The van der Waals surface area contributed by atoms with Crippen molar-refractivity contribution in [2.45, 2.75) is 24.9 Å². The second-order valence-electron chi connectivity index (χ2n) is 5.17. The number of aromatic nitrogens is 1. The molecule has 1 heterocycles. The van der Waals surface area contributed by atoms with Crippen LogP contribution in [0.5, 0.6) is 0 Å². The molecule has 0 bridgehead atoms. The fourth-order valence-corrected chi connectivity index (χ4v) is 2.33. The summed E-state index contributed by atoms with van der Waals surface area (Å²) in [6, 6.07) is 9.19. The van der Waals surface area contributed by atoms with Gasteiger partial charge in [-0.15, -0.1) is 0 Å². The summed E-state index contributed by atoms with van der Waals surface area (Å²) in [6.45, 7) is 0.330. The molecule has 1 fully saturated rings. The summed E-state index contributed by atoms with van der Waals surface area (Å²) in [5.41, 5.74) is 0.786. The molecule has 0 unspecified atom stereocenters. The molecule has 2 aromatic rings. The van der Waals surface area contributed by atoms with Gasteiger partial charge in [0.15, 0.2) is 0 Å². The number of amides is 1. The van der Waals surface area contributed by atoms with Crippen LogP contribution in [0.15, 0.2) is 36.5 Å². The Hall–Kier alpha value is -1.94. The Labute approximate surface area is 111 Å². The molecule has 4 heteroatoms. The number of hydrogen-bond donors (Lipinski definition) is 2. The molecular weight excluding hydrogens is 240 g/mol. The lowest BCUT2D eigenvalue weighted by Crippen LogP contribution is -2.47. The Morgan fingerprint density at radius 1 is 1.37 bits per heavy atom. The molecule has 0 atom stereocenters. The third kappa shape index (κ3) is 2.44. The minimum absolute atomic E-state index is 0.147. The molecule has 4 nitrogen and oxygen atoms in total. The topological polar surface area (TPSA) is 62.2 Å². The molecule has 2 N–H and O–H groups in total. The maximum Gasteiger partial charge on any atom is 0.251 e. The van der Waals surface area contributed by atoms with Crippen LogP contribution in [0.1, 0.15) is 29.6 Å².